The molecule has 0 aliphatic heterocycles. The Morgan fingerprint density at radius 2 is 1.64 bits per heavy atom. The molecule has 0 rings (SSSR count). The molecule has 2 nitrogen and oxygen atoms in total. The van der Waals surface area contributed by atoms with E-state index in [0.717, 1.165) is 24.1 Å². The Labute approximate surface area is 80.6 Å². The molecule has 0 fully saturated rings. The molecule has 0 aromatic rings. The second-order valence-corrected chi connectivity index (χ2v) is 3.28. The third-order valence-electron chi connectivity index (χ3n) is 2.23. The van der Waals surface area contributed by atoms with Crippen LogP contribution in [0, 0.1) is 0 Å². The summed E-state index contributed by atoms with van der Waals surface area (Å²) in [4.78, 5) is 0. The van der Waals surface area contributed by atoms with Crippen LogP contribution in [0.25, 0.3) is 0 Å². The summed E-state index contributed by atoms with van der Waals surface area (Å²) >= 11 is 0. The van der Waals surface area contributed by atoms with Gasteiger partial charge in [-0.05, 0) is 20.8 Å². The minimum atomic E-state index is -0.176. The Morgan fingerprint density at radius 3 is 1.73 bits per heavy atom. The highest BCUT2D eigenvalue weighted by atomic mass is 79.9. The number of aliphatic hydroxyl groups excluding tert-OH is 1. The van der Waals surface area contributed by atoms with Crippen molar-refractivity contribution < 1.29 is 26.6 Å². The number of hydrogen-bond donors (Lipinski definition) is 1. The molecule has 1 unspecified atom stereocenters. The Bertz CT molecular complexity index is 92.1. The first kappa shape index (κ1) is 14.0. The number of nitrogens with zero attached hydrogens (tertiary/aromatic N) is 1. The number of aliphatic hydroxyl groups is 1. The van der Waals surface area contributed by atoms with Crippen molar-refractivity contribution in [3.63, 3.8) is 0 Å². The lowest BCUT2D eigenvalue weighted by atomic mass is 10.3. The molecule has 0 aliphatic carbocycles. The van der Waals surface area contributed by atoms with E-state index in [1.165, 1.54) is 0 Å². The molecule has 0 heterocycles. The summed E-state index contributed by atoms with van der Waals surface area (Å²) in [6.07, 6.45) is -0.176. The topological polar surface area (TPSA) is 20.2 Å². The molecular weight excluding hydrogens is 206 g/mol. The summed E-state index contributed by atoms with van der Waals surface area (Å²) in [5.74, 6) is 0. The van der Waals surface area contributed by atoms with Crippen molar-refractivity contribution in [1.29, 1.82) is 0 Å². The lowest BCUT2D eigenvalue weighted by Crippen LogP contribution is -3.00. The largest absolute Gasteiger partial charge is 1.00 e. The van der Waals surface area contributed by atoms with Crippen LogP contribution in [0.2, 0.25) is 0 Å². The maximum Gasteiger partial charge on any atom is 0.104 e. The average Bonchev–Trinajstić information content (AvgIpc) is 1.87. The molecule has 0 aromatic heterocycles. The minimum absolute atomic E-state index is 0. The highest BCUT2D eigenvalue weighted by Crippen LogP contribution is 2.02. The van der Waals surface area contributed by atoms with Crippen LogP contribution in [0.4, 0.5) is 0 Å². The Morgan fingerprint density at radius 1 is 1.27 bits per heavy atom. The number of rotatable bonds is 4. The normalized spacial score (nSPS) is 13.9. The van der Waals surface area contributed by atoms with Crippen LogP contribution in [0.15, 0.2) is 0 Å². The highest BCUT2D eigenvalue weighted by Gasteiger charge is 2.18. The van der Waals surface area contributed by atoms with Gasteiger partial charge < -0.3 is 26.6 Å². The minimum Gasteiger partial charge on any atom is -1.00 e. The monoisotopic (exact) mass is 225 g/mol. The molecule has 0 saturated carbocycles. The molecule has 0 bridgehead atoms. The molecule has 0 saturated heterocycles. The molecule has 3 heteroatoms. The van der Waals surface area contributed by atoms with Crippen molar-refractivity contribution in [3.8, 4) is 0 Å². The molecule has 0 spiro atoms. The zero-order valence-corrected chi connectivity index (χ0v) is 9.56. The van der Waals surface area contributed by atoms with Crippen LogP contribution in [-0.4, -0.2) is 42.4 Å². The van der Waals surface area contributed by atoms with E-state index in [1.54, 1.807) is 0 Å². The van der Waals surface area contributed by atoms with Gasteiger partial charge in [-0.3, -0.25) is 0 Å². The van der Waals surface area contributed by atoms with Crippen LogP contribution in [0.1, 0.15) is 20.8 Å². The highest BCUT2D eigenvalue weighted by molar-refractivity contribution is 4.43. The van der Waals surface area contributed by atoms with Gasteiger partial charge in [-0.2, -0.15) is 0 Å². The number of likely N-dealkylation sites (N-methyl/N-ethyl adjacent to an activating group) is 1. The predicted octanol–water partition coefficient (Wildman–Crippen LogP) is -2.14. The van der Waals surface area contributed by atoms with Gasteiger partial charge in [0, 0.05) is 0 Å². The lowest BCUT2D eigenvalue weighted by molar-refractivity contribution is -0.908. The van der Waals surface area contributed by atoms with Gasteiger partial charge in [0.1, 0.15) is 12.6 Å². The van der Waals surface area contributed by atoms with Gasteiger partial charge in [0.2, 0.25) is 0 Å². The first-order valence-electron chi connectivity index (χ1n) is 4.05. The fourth-order valence-electron chi connectivity index (χ4n) is 1.12. The summed E-state index contributed by atoms with van der Waals surface area (Å²) in [6.45, 7) is 9.23. The van der Waals surface area contributed by atoms with E-state index in [0.29, 0.717) is 0 Å². The van der Waals surface area contributed by atoms with Crippen LogP contribution < -0.4 is 17.0 Å². The van der Waals surface area contributed by atoms with Gasteiger partial charge in [-0.25, -0.2) is 0 Å². The Kier molecular flexibility index (Phi) is 7.58. The van der Waals surface area contributed by atoms with Gasteiger partial charge in [0.25, 0.3) is 0 Å². The zero-order valence-electron chi connectivity index (χ0n) is 7.97. The standard InChI is InChI=1S/C8H20NO.BrH/c1-5-9(4,6-2)7-8(3)10;/h8,10H,5-7H2,1-4H3;1H/q+1;/p-1. The Hall–Kier alpha value is 0.400. The fourth-order valence-corrected chi connectivity index (χ4v) is 1.12. The predicted molar refractivity (Wildman–Crippen MR) is 43.8 cm³/mol. The summed E-state index contributed by atoms with van der Waals surface area (Å²) in [6, 6.07) is 0. The van der Waals surface area contributed by atoms with E-state index in [4.69, 9.17) is 5.11 Å². The average molecular weight is 226 g/mol. The smallest absolute Gasteiger partial charge is 0.104 e. The van der Waals surface area contributed by atoms with E-state index in [-0.39, 0.29) is 23.1 Å². The number of halogens is 1. The van der Waals surface area contributed by atoms with Gasteiger partial charge in [0.15, 0.2) is 0 Å². The maximum atomic E-state index is 9.13. The van der Waals surface area contributed by atoms with Crippen LogP contribution in [0.3, 0.4) is 0 Å². The summed E-state index contributed by atoms with van der Waals surface area (Å²) < 4.78 is 0.970. The first-order chi connectivity index (χ1) is 4.54. The van der Waals surface area contributed by atoms with Crippen LogP contribution in [0.5, 0.6) is 0 Å². The molecule has 1 N–H and O–H groups in total. The van der Waals surface area contributed by atoms with Crippen molar-refractivity contribution in [2.75, 3.05) is 26.7 Å². The van der Waals surface area contributed by atoms with E-state index in [9.17, 15) is 0 Å². The van der Waals surface area contributed by atoms with Crippen LogP contribution >= 0.6 is 0 Å². The van der Waals surface area contributed by atoms with Gasteiger partial charge in [0.05, 0.1) is 20.1 Å². The quantitative estimate of drug-likeness (QED) is 0.542. The van der Waals surface area contributed by atoms with Crippen LogP contribution in [-0.2, 0) is 0 Å². The second kappa shape index (κ2) is 5.98. The molecule has 0 aromatic carbocycles. The zero-order chi connectivity index (χ0) is 8.20. The third kappa shape index (κ3) is 5.65. The molecular formula is C8H20BrNO. The lowest BCUT2D eigenvalue weighted by Gasteiger charge is -2.33. The molecule has 11 heavy (non-hydrogen) atoms. The van der Waals surface area contributed by atoms with Crippen molar-refractivity contribution in [3.05, 3.63) is 0 Å². The van der Waals surface area contributed by atoms with Gasteiger partial charge >= 0.3 is 0 Å². The van der Waals surface area contributed by atoms with Gasteiger partial charge in [-0.1, -0.05) is 0 Å². The maximum absolute atomic E-state index is 9.13. The summed E-state index contributed by atoms with van der Waals surface area (Å²) in [5.41, 5.74) is 0. The molecule has 0 amide bonds. The van der Waals surface area contributed by atoms with Gasteiger partial charge in [-0.15, -0.1) is 0 Å². The SMILES string of the molecule is CC[N+](C)(CC)CC(C)O.[Br-]. The molecule has 70 valence electrons. The summed E-state index contributed by atoms with van der Waals surface area (Å²) in [5, 5.41) is 9.13. The number of hydrogen-bond acceptors (Lipinski definition) is 1. The van der Waals surface area contributed by atoms with Crippen molar-refractivity contribution in [2.24, 2.45) is 0 Å². The van der Waals surface area contributed by atoms with E-state index in [1.807, 2.05) is 6.92 Å². The fraction of sp³-hybridized carbons (Fsp3) is 1.00. The molecule has 0 aliphatic rings. The van der Waals surface area contributed by atoms with E-state index in [2.05, 4.69) is 20.9 Å². The first-order valence-corrected chi connectivity index (χ1v) is 4.05. The van der Waals surface area contributed by atoms with Crippen molar-refractivity contribution in [1.82, 2.24) is 0 Å². The second-order valence-electron chi connectivity index (χ2n) is 3.28. The molecule has 0 radical (unpaired) electrons. The summed E-state index contributed by atoms with van der Waals surface area (Å²) in [7, 11) is 2.17. The third-order valence-corrected chi connectivity index (χ3v) is 2.23. The van der Waals surface area contributed by atoms with E-state index >= 15 is 0 Å². The molecule has 1 atom stereocenters. The van der Waals surface area contributed by atoms with Crippen molar-refractivity contribution in [2.45, 2.75) is 26.9 Å². The van der Waals surface area contributed by atoms with Crippen molar-refractivity contribution >= 4 is 0 Å². The van der Waals surface area contributed by atoms with E-state index < -0.39 is 0 Å². The Balaban J connectivity index is 0. The number of quaternary nitrogens is 1.